The molecule has 0 bridgehead atoms. The van der Waals surface area contributed by atoms with Gasteiger partial charge in [0.15, 0.2) is 0 Å². The summed E-state index contributed by atoms with van der Waals surface area (Å²) in [4.78, 5) is 10.3. The van der Waals surface area contributed by atoms with Crippen LogP contribution in [0.2, 0.25) is 0 Å². The Morgan fingerprint density at radius 2 is 2.13 bits per heavy atom. The van der Waals surface area contributed by atoms with Gasteiger partial charge in [-0.25, -0.2) is 13.6 Å². The molecule has 80 valence electrons. The highest BCUT2D eigenvalue weighted by Crippen LogP contribution is 2.14. The lowest BCUT2D eigenvalue weighted by molar-refractivity contribution is -0.129. The van der Waals surface area contributed by atoms with Crippen molar-refractivity contribution in [3.63, 3.8) is 0 Å². The predicted octanol–water partition coefficient (Wildman–Crippen LogP) is 1.84. The molecular formula is C9H8F2N2O2. The molecule has 0 aliphatic heterocycles. The number of benzene rings is 1. The molecule has 15 heavy (non-hydrogen) atoms. The van der Waals surface area contributed by atoms with Gasteiger partial charge in [0.1, 0.15) is 17.3 Å². The summed E-state index contributed by atoms with van der Waals surface area (Å²) in [6.45, 7) is 1.23. The van der Waals surface area contributed by atoms with E-state index in [-0.39, 0.29) is 11.4 Å². The molecule has 1 aromatic rings. The molecule has 0 amide bonds. The standard InChI is InChI=1S/C9H8F2N2O2/c1-5(9(14)15)12-13-8-4-6(10)2-3-7(8)11/h2-4,13H,1H3,(H,14,15). The van der Waals surface area contributed by atoms with Crippen LogP contribution >= 0.6 is 0 Å². The summed E-state index contributed by atoms with van der Waals surface area (Å²) >= 11 is 0. The number of anilines is 1. The molecule has 0 atom stereocenters. The molecule has 0 radical (unpaired) electrons. The lowest BCUT2D eigenvalue weighted by Crippen LogP contribution is -2.10. The van der Waals surface area contributed by atoms with E-state index in [4.69, 9.17) is 5.11 Å². The van der Waals surface area contributed by atoms with Crippen molar-refractivity contribution in [1.29, 1.82) is 0 Å². The van der Waals surface area contributed by atoms with Crippen LogP contribution in [0.5, 0.6) is 0 Å². The maximum atomic E-state index is 13.0. The highest BCUT2D eigenvalue weighted by molar-refractivity contribution is 6.34. The number of nitrogens with one attached hydrogen (secondary N) is 1. The minimum absolute atomic E-state index is 0.212. The van der Waals surface area contributed by atoms with Gasteiger partial charge in [0.2, 0.25) is 0 Å². The fraction of sp³-hybridized carbons (Fsp3) is 0.111. The average Bonchev–Trinajstić information content (AvgIpc) is 2.18. The quantitative estimate of drug-likeness (QED) is 0.596. The first-order chi connectivity index (χ1) is 7.00. The van der Waals surface area contributed by atoms with Gasteiger partial charge < -0.3 is 5.11 Å². The van der Waals surface area contributed by atoms with Gasteiger partial charge in [-0.2, -0.15) is 5.10 Å². The topological polar surface area (TPSA) is 61.7 Å². The Bertz CT molecular complexity index is 419. The van der Waals surface area contributed by atoms with Gasteiger partial charge in [0, 0.05) is 6.07 Å². The zero-order valence-electron chi connectivity index (χ0n) is 7.79. The van der Waals surface area contributed by atoms with Gasteiger partial charge in [-0.05, 0) is 19.1 Å². The van der Waals surface area contributed by atoms with Gasteiger partial charge in [-0.15, -0.1) is 0 Å². The summed E-state index contributed by atoms with van der Waals surface area (Å²) in [6, 6.07) is 2.76. The smallest absolute Gasteiger partial charge is 0.351 e. The number of rotatable bonds is 3. The maximum Gasteiger partial charge on any atom is 0.351 e. The van der Waals surface area contributed by atoms with Crippen molar-refractivity contribution in [3.8, 4) is 0 Å². The van der Waals surface area contributed by atoms with Gasteiger partial charge in [0.25, 0.3) is 0 Å². The van der Waals surface area contributed by atoms with Crippen molar-refractivity contribution < 1.29 is 18.7 Å². The monoisotopic (exact) mass is 214 g/mol. The van der Waals surface area contributed by atoms with Crippen LogP contribution in [0.3, 0.4) is 0 Å². The highest BCUT2D eigenvalue weighted by Gasteiger charge is 2.04. The largest absolute Gasteiger partial charge is 0.477 e. The van der Waals surface area contributed by atoms with E-state index >= 15 is 0 Å². The van der Waals surface area contributed by atoms with Crippen LogP contribution in [0.1, 0.15) is 6.92 Å². The number of carboxylic acids is 1. The molecule has 6 heteroatoms. The molecule has 4 nitrogen and oxygen atoms in total. The van der Waals surface area contributed by atoms with Crippen molar-refractivity contribution in [2.75, 3.05) is 5.43 Å². The maximum absolute atomic E-state index is 13.0. The van der Waals surface area contributed by atoms with E-state index in [0.29, 0.717) is 0 Å². The Hall–Kier alpha value is -1.98. The molecule has 0 saturated heterocycles. The molecule has 0 fully saturated rings. The van der Waals surface area contributed by atoms with Crippen molar-refractivity contribution in [3.05, 3.63) is 29.8 Å². The Labute approximate surface area is 84.2 Å². The number of halogens is 2. The van der Waals surface area contributed by atoms with E-state index < -0.39 is 17.6 Å². The van der Waals surface area contributed by atoms with Crippen molar-refractivity contribution in [2.24, 2.45) is 5.10 Å². The minimum atomic E-state index is -1.24. The fourth-order valence-electron chi connectivity index (χ4n) is 0.775. The molecule has 0 heterocycles. The number of aliphatic carboxylic acids is 1. The molecular weight excluding hydrogens is 206 g/mol. The van der Waals surface area contributed by atoms with E-state index in [0.717, 1.165) is 18.2 Å². The Morgan fingerprint density at radius 1 is 1.47 bits per heavy atom. The molecule has 0 aliphatic carbocycles. The predicted molar refractivity (Wildman–Crippen MR) is 50.7 cm³/mol. The van der Waals surface area contributed by atoms with E-state index in [1.807, 2.05) is 0 Å². The van der Waals surface area contributed by atoms with Crippen molar-refractivity contribution in [2.45, 2.75) is 6.92 Å². The summed E-state index contributed by atoms with van der Waals surface area (Å²) < 4.78 is 25.6. The van der Waals surface area contributed by atoms with Crippen LogP contribution in [0.15, 0.2) is 23.3 Å². The Morgan fingerprint density at radius 3 is 2.73 bits per heavy atom. The lowest BCUT2D eigenvalue weighted by Gasteiger charge is -2.02. The third kappa shape index (κ3) is 3.01. The van der Waals surface area contributed by atoms with E-state index in [1.54, 1.807) is 0 Å². The van der Waals surface area contributed by atoms with Crippen LogP contribution in [0.25, 0.3) is 0 Å². The lowest BCUT2D eigenvalue weighted by atomic mass is 10.3. The summed E-state index contributed by atoms with van der Waals surface area (Å²) in [5.74, 6) is -2.58. The fourth-order valence-corrected chi connectivity index (χ4v) is 0.775. The molecule has 1 aromatic carbocycles. The minimum Gasteiger partial charge on any atom is -0.477 e. The first-order valence-electron chi connectivity index (χ1n) is 3.99. The van der Waals surface area contributed by atoms with E-state index in [9.17, 15) is 13.6 Å². The van der Waals surface area contributed by atoms with Crippen LogP contribution in [-0.2, 0) is 4.79 Å². The number of hydrogen-bond acceptors (Lipinski definition) is 3. The summed E-state index contributed by atoms with van der Waals surface area (Å²) in [5, 5.41) is 11.8. The normalized spacial score (nSPS) is 11.3. The Kier molecular flexibility index (Phi) is 3.33. The molecule has 0 aromatic heterocycles. The van der Waals surface area contributed by atoms with Crippen LogP contribution in [0.4, 0.5) is 14.5 Å². The second-order valence-corrected chi connectivity index (χ2v) is 2.74. The molecule has 0 spiro atoms. The molecule has 2 N–H and O–H groups in total. The molecule has 1 rings (SSSR count). The number of hydrogen-bond donors (Lipinski definition) is 2. The van der Waals surface area contributed by atoms with Gasteiger partial charge >= 0.3 is 5.97 Å². The second kappa shape index (κ2) is 4.50. The van der Waals surface area contributed by atoms with Crippen molar-refractivity contribution in [1.82, 2.24) is 0 Å². The number of nitrogens with zero attached hydrogens (tertiary/aromatic N) is 1. The number of hydrazone groups is 1. The van der Waals surface area contributed by atoms with Crippen LogP contribution in [0, 0.1) is 11.6 Å². The van der Waals surface area contributed by atoms with Crippen molar-refractivity contribution >= 4 is 17.4 Å². The van der Waals surface area contributed by atoms with E-state index in [2.05, 4.69) is 10.5 Å². The zero-order valence-corrected chi connectivity index (χ0v) is 7.79. The third-order valence-electron chi connectivity index (χ3n) is 1.58. The van der Waals surface area contributed by atoms with Gasteiger partial charge in [-0.1, -0.05) is 0 Å². The van der Waals surface area contributed by atoms with Gasteiger partial charge in [0.05, 0.1) is 5.69 Å². The van der Waals surface area contributed by atoms with Crippen LogP contribution < -0.4 is 5.43 Å². The molecule has 0 unspecified atom stereocenters. The van der Waals surface area contributed by atoms with Gasteiger partial charge in [-0.3, -0.25) is 5.43 Å². The van der Waals surface area contributed by atoms with E-state index in [1.165, 1.54) is 6.92 Å². The highest BCUT2D eigenvalue weighted by atomic mass is 19.1. The second-order valence-electron chi connectivity index (χ2n) is 2.74. The summed E-state index contributed by atoms with van der Waals surface area (Å²) in [7, 11) is 0. The first kappa shape index (κ1) is 11.1. The SMILES string of the molecule is CC(=NNc1cc(F)ccc1F)C(=O)O. The molecule has 0 saturated carbocycles. The number of carboxylic acid groups (broad SMARTS) is 1. The summed E-state index contributed by atoms with van der Waals surface area (Å²) in [5.41, 5.74) is 1.66. The summed E-state index contributed by atoms with van der Waals surface area (Å²) in [6.07, 6.45) is 0. The Balaban J connectivity index is 2.86. The number of carbonyl (C=O) groups is 1. The average molecular weight is 214 g/mol. The third-order valence-corrected chi connectivity index (χ3v) is 1.58. The first-order valence-corrected chi connectivity index (χ1v) is 3.99. The zero-order chi connectivity index (χ0) is 11.4. The molecule has 0 aliphatic rings. The van der Waals surface area contributed by atoms with Crippen LogP contribution in [-0.4, -0.2) is 16.8 Å².